The smallest absolute Gasteiger partial charge is 0.343 e. The van der Waals surface area contributed by atoms with Gasteiger partial charge in [-0.1, -0.05) is 54.1 Å². The second kappa shape index (κ2) is 8.13. The first-order chi connectivity index (χ1) is 15.5. The number of nitrogens with zero attached hydrogens (tertiary/aromatic N) is 3. The molecule has 5 rings (SSSR count). The lowest BCUT2D eigenvalue weighted by Crippen LogP contribution is -2.49. The number of benzene rings is 3. The lowest BCUT2D eigenvalue weighted by molar-refractivity contribution is 0.243. The van der Waals surface area contributed by atoms with Crippen LogP contribution in [0.5, 0.6) is 5.75 Å². The highest BCUT2D eigenvalue weighted by molar-refractivity contribution is 6.32. The number of amidine groups is 1. The highest BCUT2D eigenvalue weighted by Gasteiger charge is 2.39. The molecule has 0 radical (unpaired) electrons. The minimum atomic E-state index is -0.424. The summed E-state index contributed by atoms with van der Waals surface area (Å²) in [4.78, 5) is 24.0. The van der Waals surface area contributed by atoms with Crippen molar-refractivity contribution >= 4 is 34.9 Å². The Morgan fingerprint density at radius 2 is 1.78 bits per heavy atom. The largest absolute Gasteiger partial charge is 0.497 e. The van der Waals surface area contributed by atoms with Crippen LogP contribution >= 0.6 is 11.6 Å². The number of aliphatic imine (C=N–C) groups is 2. The molecule has 2 atom stereocenters. The molecule has 3 aromatic carbocycles. The fraction of sp³-hybridized carbons (Fsp3) is 0.160. The number of rotatable bonds is 3. The summed E-state index contributed by atoms with van der Waals surface area (Å²) in [7, 11) is 3.53. The highest BCUT2D eigenvalue weighted by Crippen LogP contribution is 2.35. The van der Waals surface area contributed by atoms with Gasteiger partial charge in [0.05, 0.1) is 24.6 Å². The van der Waals surface area contributed by atoms with Gasteiger partial charge in [-0.2, -0.15) is 4.99 Å². The molecule has 0 bridgehead atoms. The Hall–Kier alpha value is -3.64. The zero-order chi connectivity index (χ0) is 22.2. The molecule has 2 amide bonds. The summed E-state index contributed by atoms with van der Waals surface area (Å²) in [6.07, 6.45) is 0. The number of ether oxygens (including phenoxy) is 1. The summed E-state index contributed by atoms with van der Waals surface area (Å²) in [5, 5.41) is 3.62. The number of nitrogens with one attached hydrogen (secondary N) is 1. The molecule has 0 spiro atoms. The van der Waals surface area contributed by atoms with E-state index in [1.807, 2.05) is 84.7 Å². The van der Waals surface area contributed by atoms with Gasteiger partial charge in [0.15, 0.2) is 0 Å². The first-order valence-corrected chi connectivity index (χ1v) is 10.6. The average Bonchev–Trinajstić information content (AvgIpc) is 2.94. The van der Waals surface area contributed by atoms with E-state index >= 15 is 0 Å². The summed E-state index contributed by atoms with van der Waals surface area (Å²) >= 11 is 6.38. The van der Waals surface area contributed by atoms with Gasteiger partial charge in [0.25, 0.3) is 0 Å². The van der Waals surface area contributed by atoms with E-state index in [-0.39, 0.29) is 6.04 Å². The van der Waals surface area contributed by atoms with Crippen molar-refractivity contribution in [1.29, 1.82) is 0 Å². The zero-order valence-electron chi connectivity index (χ0n) is 17.6. The predicted octanol–water partition coefficient (Wildman–Crippen LogP) is 4.87. The first-order valence-electron chi connectivity index (χ1n) is 10.2. The van der Waals surface area contributed by atoms with Gasteiger partial charge in [-0.05, 0) is 35.9 Å². The number of likely N-dealkylation sites (N-methyl/N-ethyl adjacent to an activating group) is 1. The first kappa shape index (κ1) is 20.3. The maximum atomic E-state index is 12.6. The Morgan fingerprint density at radius 1 is 1.03 bits per heavy atom. The van der Waals surface area contributed by atoms with Gasteiger partial charge in [0, 0.05) is 23.2 Å². The van der Waals surface area contributed by atoms with Gasteiger partial charge < -0.3 is 15.0 Å². The van der Waals surface area contributed by atoms with E-state index in [0.717, 1.165) is 33.8 Å². The second-order valence-electron chi connectivity index (χ2n) is 7.68. The van der Waals surface area contributed by atoms with Crippen molar-refractivity contribution in [1.82, 2.24) is 5.32 Å². The number of carbonyl (C=O) groups is 1. The van der Waals surface area contributed by atoms with E-state index in [1.165, 1.54) is 0 Å². The van der Waals surface area contributed by atoms with Crippen molar-refractivity contribution < 1.29 is 9.53 Å². The summed E-state index contributed by atoms with van der Waals surface area (Å²) in [6.45, 7) is 0. The summed E-state index contributed by atoms with van der Waals surface area (Å²) < 4.78 is 5.29. The molecule has 0 aromatic heterocycles. The summed E-state index contributed by atoms with van der Waals surface area (Å²) in [5.74, 6) is 1.34. The standard InChI is InChI=1S/C25H21ClN4O2/c1-30-20-13-10-17(26)14-19(20)21(15-6-4-3-5-7-15)27-23-22(28-25(31)29-24(23)30)16-8-11-18(32-2)12-9-16/h3-14,22-23H,1-2H3,(H,28,31). The van der Waals surface area contributed by atoms with Crippen LogP contribution in [0.3, 0.4) is 0 Å². The van der Waals surface area contributed by atoms with Gasteiger partial charge in [-0.3, -0.25) is 4.99 Å². The van der Waals surface area contributed by atoms with Gasteiger partial charge in [0.1, 0.15) is 17.6 Å². The van der Waals surface area contributed by atoms with Gasteiger partial charge >= 0.3 is 6.03 Å². The molecular weight excluding hydrogens is 424 g/mol. The molecule has 6 nitrogen and oxygen atoms in total. The van der Waals surface area contributed by atoms with Crippen LogP contribution in [0.25, 0.3) is 0 Å². The number of hydrogen-bond acceptors (Lipinski definition) is 4. The van der Waals surface area contributed by atoms with E-state index in [0.29, 0.717) is 10.9 Å². The van der Waals surface area contributed by atoms with E-state index < -0.39 is 12.1 Å². The minimum Gasteiger partial charge on any atom is -0.497 e. The molecule has 0 fully saturated rings. The zero-order valence-corrected chi connectivity index (χ0v) is 18.4. The number of methoxy groups -OCH3 is 1. The summed E-state index contributed by atoms with van der Waals surface area (Å²) in [6, 6.07) is 22.1. The lowest BCUT2D eigenvalue weighted by Gasteiger charge is -2.33. The Labute approximate surface area is 191 Å². The van der Waals surface area contributed by atoms with Gasteiger partial charge in [0.2, 0.25) is 0 Å². The summed E-state index contributed by atoms with van der Waals surface area (Å²) in [5.41, 5.74) is 4.48. The third kappa shape index (κ3) is 3.52. The number of hydrogen-bond donors (Lipinski definition) is 1. The molecule has 2 aliphatic rings. The molecule has 2 aliphatic heterocycles. The SMILES string of the molecule is COc1ccc(C2NC(=O)N=C3C2N=C(c2ccccc2)c2cc(Cl)ccc2N3C)cc1. The number of urea groups is 1. The molecule has 160 valence electrons. The van der Waals surface area contributed by atoms with Crippen LogP contribution in [-0.4, -0.2) is 37.8 Å². The maximum Gasteiger partial charge on any atom is 0.343 e. The quantitative estimate of drug-likeness (QED) is 0.626. The van der Waals surface area contributed by atoms with E-state index in [2.05, 4.69) is 10.3 Å². The number of halogens is 1. The highest BCUT2D eigenvalue weighted by atomic mass is 35.5. The Balaban J connectivity index is 1.72. The minimum absolute atomic E-state index is 0.383. The fourth-order valence-corrected chi connectivity index (χ4v) is 4.37. The van der Waals surface area contributed by atoms with Crippen LogP contribution in [0.15, 0.2) is 82.8 Å². The molecule has 0 aliphatic carbocycles. The monoisotopic (exact) mass is 444 g/mol. The van der Waals surface area contributed by atoms with Crippen molar-refractivity contribution in [2.45, 2.75) is 12.1 Å². The van der Waals surface area contributed by atoms with Crippen LogP contribution in [0.2, 0.25) is 5.02 Å². The van der Waals surface area contributed by atoms with E-state index in [4.69, 9.17) is 21.3 Å². The number of amides is 2. The molecule has 3 aromatic rings. The number of fused-ring (bicyclic) bond motifs is 2. The van der Waals surface area contributed by atoms with Crippen LogP contribution in [0.4, 0.5) is 10.5 Å². The molecule has 2 heterocycles. The lowest BCUT2D eigenvalue weighted by atomic mass is 9.96. The normalized spacial score (nSPS) is 19.7. The average molecular weight is 445 g/mol. The van der Waals surface area contributed by atoms with Gasteiger partial charge in [-0.25, -0.2) is 4.79 Å². The van der Waals surface area contributed by atoms with Crippen LogP contribution in [-0.2, 0) is 0 Å². The van der Waals surface area contributed by atoms with Gasteiger partial charge in [-0.15, -0.1) is 0 Å². The van der Waals surface area contributed by atoms with Crippen molar-refractivity contribution in [2.75, 3.05) is 19.1 Å². The fourth-order valence-electron chi connectivity index (χ4n) is 4.19. The third-order valence-corrected chi connectivity index (χ3v) is 6.02. The van der Waals surface area contributed by atoms with Crippen LogP contribution in [0, 0.1) is 0 Å². The molecule has 7 heteroatoms. The van der Waals surface area contributed by atoms with Crippen molar-refractivity contribution in [3.8, 4) is 5.75 Å². The van der Waals surface area contributed by atoms with Crippen LogP contribution in [0.1, 0.15) is 22.7 Å². The molecule has 0 saturated carbocycles. The second-order valence-corrected chi connectivity index (χ2v) is 8.12. The van der Waals surface area contributed by atoms with E-state index in [9.17, 15) is 4.79 Å². The molecular formula is C25H21ClN4O2. The van der Waals surface area contributed by atoms with E-state index in [1.54, 1.807) is 7.11 Å². The Morgan fingerprint density at radius 3 is 2.50 bits per heavy atom. The topological polar surface area (TPSA) is 66.3 Å². The van der Waals surface area contributed by atoms with Crippen LogP contribution < -0.4 is 15.0 Å². The number of carbonyl (C=O) groups excluding carboxylic acids is 1. The number of anilines is 1. The molecule has 2 unspecified atom stereocenters. The predicted molar refractivity (Wildman–Crippen MR) is 127 cm³/mol. The maximum absolute atomic E-state index is 12.6. The molecule has 1 N–H and O–H groups in total. The Bertz CT molecular complexity index is 1240. The Kier molecular flexibility index (Phi) is 5.15. The molecule has 32 heavy (non-hydrogen) atoms. The van der Waals surface area contributed by atoms with Crippen molar-refractivity contribution in [3.05, 3.63) is 94.5 Å². The molecule has 0 saturated heterocycles. The van der Waals surface area contributed by atoms with Crippen molar-refractivity contribution in [3.63, 3.8) is 0 Å². The third-order valence-electron chi connectivity index (χ3n) is 5.78. The van der Waals surface area contributed by atoms with Crippen molar-refractivity contribution in [2.24, 2.45) is 9.98 Å².